The van der Waals surface area contributed by atoms with Crippen LogP contribution in [0.15, 0.2) is 24.3 Å². The second kappa shape index (κ2) is 8.85. The average molecular weight is 318 g/mol. The molecule has 0 spiro atoms. The lowest BCUT2D eigenvalue weighted by Gasteiger charge is -2.20. The van der Waals surface area contributed by atoms with Crippen LogP contribution in [0.3, 0.4) is 0 Å². The van der Waals surface area contributed by atoms with Crippen LogP contribution in [-0.2, 0) is 19.0 Å². The summed E-state index contributed by atoms with van der Waals surface area (Å²) in [6, 6.07) is 6.25. The number of hydrogen-bond acceptors (Lipinski definition) is 4. The normalized spacial score (nSPS) is 18.1. The standard InChI is InChI=1S/C19H26O4/c1-4-6-18(23-13-16-12-22-16)17-9-7-14(3)11-15(17)8-10-19(20)21-5-2/h7-11,16,18H,4-6,12-13H2,1-3H3/t16?,18-/m1/s1. The predicted molar refractivity (Wildman–Crippen MR) is 90.2 cm³/mol. The average Bonchev–Trinajstić information content (AvgIpc) is 3.34. The number of rotatable bonds is 9. The SMILES string of the molecule is CCC[C@@H](OCC1CO1)c1ccc(C)cc1C=CC(=O)OCC. The summed E-state index contributed by atoms with van der Waals surface area (Å²) < 4.78 is 16.2. The Hall–Kier alpha value is -1.65. The number of carbonyl (C=O) groups is 1. The van der Waals surface area contributed by atoms with Gasteiger partial charge in [0.05, 0.1) is 25.9 Å². The minimum atomic E-state index is -0.320. The van der Waals surface area contributed by atoms with Crippen molar-refractivity contribution in [3.8, 4) is 0 Å². The Labute approximate surface area is 138 Å². The Morgan fingerprint density at radius 2 is 2.22 bits per heavy atom. The quantitative estimate of drug-likeness (QED) is 0.394. The van der Waals surface area contributed by atoms with Crippen LogP contribution in [-0.4, -0.2) is 31.9 Å². The van der Waals surface area contributed by atoms with Crippen molar-refractivity contribution in [2.75, 3.05) is 19.8 Å². The van der Waals surface area contributed by atoms with Crippen molar-refractivity contribution in [3.63, 3.8) is 0 Å². The minimum Gasteiger partial charge on any atom is -0.463 e. The monoisotopic (exact) mass is 318 g/mol. The van der Waals surface area contributed by atoms with Gasteiger partial charge >= 0.3 is 5.97 Å². The van der Waals surface area contributed by atoms with E-state index in [1.165, 1.54) is 6.08 Å². The molecule has 1 saturated heterocycles. The van der Waals surface area contributed by atoms with E-state index < -0.39 is 0 Å². The highest BCUT2D eigenvalue weighted by atomic mass is 16.6. The highest BCUT2D eigenvalue weighted by molar-refractivity contribution is 5.87. The molecule has 0 aromatic heterocycles. The number of aryl methyl sites for hydroxylation is 1. The Balaban J connectivity index is 2.17. The molecule has 1 aromatic carbocycles. The molecule has 0 N–H and O–H groups in total. The van der Waals surface area contributed by atoms with Crippen molar-refractivity contribution in [3.05, 3.63) is 41.0 Å². The summed E-state index contributed by atoms with van der Waals surface area (Å²) in [6.45, 7) is 7.79. The summed E-state index contributed by atoms with van der Waals surface area (Å²) in [5.74, 6) is -0.320. The van der Waals surface area contributed by atoms with E-state index in [0.29, 0.717) is 13.2 Å². The Morgan fingerprint density at radius 3 is 2.87 bits per heavy atom. The van der Waals surface area contributed by atoms with Gasteiger partial charge in [-0.1, -0.05) is 37.1 Å². The Morgan fingerprint density at radius 1 is 1.43 bits per heavy atom. The number of epoxide rings is 1. The molecule has 23 heavy (non-hydrogen) atoms. The molecule has 4 heteroatoms. The van der Waals surface area contributed by atoms with Crippen molar-refractivity contribution >= 4 is 12.0 Å². The van der Waals surface area contributed by atoms with Gasteiger partial charge in [0.2, 0.25) is 0 Å². The summed E-state index contributed by atoms with van der Waals surface area (Å²) in [5, 5.41) is 0. The largest absolute Gasteiger partial charge is 0.463 e. The zero-order valence-electron chi connectivity index (χ0n) is 14.2. The number of carbonyl (C=O) groups excluding carboxylic acids is 1. The molecule has 4 nitrogen and oxygen atoms in total. The minimum absolute atomic E-state index is 0.0200. The van der Waals surface area contributed by atoms with Gasteiger partial charge in [-0.15, -0.1) is 0 Å². The van der Waals surface area contributed by atoms with Crippen molar-refractivity contribution in [2.45, 2.75) is 45.8 Å². The van der Waals surface area contributed by atoms with Crippen LogP contribution in [0.2, 0.25) is 0 Å². The lowest BCUT2D eigenvalue weighted by Crippen LogP contribution is -2.10. The van der Waals surface area contributed by atoms with Crippen molar-refractivity contribution < 1.29 is 19.0 Å². The highest BCUT2D eigenvalue weighted by Gasteiger charge is 2.25. The maximum atomic E-state index is 11.6. The van der Waals surface area contributed by atoms with E-state index >= 15 is 0 Å². The molecule has 2 rings (SSSR count). The maximum absolute atomic E-state index is 11.6. The smallest absolute Gasteiger partial charge is 0.330 e. The number of esters is 1. The van der Waals surface area contributed by atoms with E-state index in [4.69, 9.17) is 14.2 Å². The van der Waals surface area contributed by atoms with Gasteiger partial charge in [0, 0.05) is 6.08 Å². The number of ether oxygens (including phenoxy) is 3. The summed E-state index contributed by atoms with van der Waals surface area (Å²) in [6.07, 6.45) is 5.54. The van der Waals surface area contributed by atoms with Gasteiger partial charge in [0.1, 0.15) is 6.10 Å². The van der Waals surface area contributed by atoms with Crippen LogP contribution in [0, 0.1) is 6.92 Å². The van der Waals surface area contributed by atoms with Gasteiger partial charge in [-0.25, -0.2) is 4.79 Å². The third kappa shape index (κ3) is 5.81. The van der Waals surface area contributed by atoms with Crippen LogP contribution >= 0.6 is 0 Å². The predicted octanol–water partition coefficient (Wildman–Crippen LogP) is 3.83. The number of hydrogen-bond donors (Lipinski definition) is 0. The first-order valence-electron chi connectivity index (χ1n) is 8.32. The van der Waals surface area contributed by atoms with E-state index in [9.17, 15) is 4.79 Å². The van der Waals surface area contributed by atoms with Crippen molar-refractivity contribution in [1.82, 2.24) is 0 Å². The number of benzene rings is 1. The van der Waals surface area contributed by atoms with E-state index in [1.54, 1.807) is 6.92 Å². The molecule has 0 saturated carbocycles. The van der Waals surface area contributed by atoms with Gasteiger partial charge in [-0.05, 0) is 37.5 Å². The van der Waals surface area contributed by atoms with E-state index in [1.807, 2.05) is 13.0 Å². The molecule has 1 heterocycles. The Kier molecular flexibility index (Phi) is 6.81. The fourth-order valence-electron chi connectivity index (χ4n) is 2.46. The molecule has 1 aliphatic heterocycles. The second-order valence-corrected chi connectivity index (χ2v) is 5.78. The van der Waals surface area contributed by atoms with Gasteiger partial charge in [0.25, 0.3) is 0 Å². The van der Waals surface area contributed by atoms with Crippen LogP contribution in [0.4, 0.5) is 0 Å². The van der Waals surface area contributed by atoms with Crippen LogP contribution < -0.4 is 0 Å². The lowest BCUT2D eigenvalue weighted by molar-refractivity contribution is -0.137. The van der Waals surface area contributed by atoms with Gasteiger partial charge in [-0.2, -0.15) is 0 Å². The zero-order valence-corrected chi connectivity index (χ0v) is 14.2. The molecule has 0 radical (unpaired) electrons. The molecule has 0 bridgehead atoms. The van der Waals surface area contributed by atoms with Gasteiger partial charge in [-0.3, -0.25) is 0 Å². The molecular weight excluding hydrogens is 292 g/mol. The fourth-order valence-corrected chi connectivity index (χ4v) is 2.46. The first kappa shape index (κ1) is 17.7. The molecule has 1 unspecified atom stereocenters. The molecule has 126 valence electrons. The molecule has 1 aliphatic rings. The van der Waals surface area contributed by atoms with Crippen LogP contribution in [0.25, 0.3) is 6.08 Å². The van der Waals surface area contributed by atoms with E-state index in [-0.39, 0.29) is 18.2 Å². The molecule has 2 atom stereocenters. The topological polar surface area (TPSA) is 48.1 Å². The molecule has 1 fully saturated rings. The Bertz CT molecular complexity index is 546. The molecular formula is C19H26O4. The second-order valence-electron chi connectivity index (χ2n) is 5.78. The summed E-state index contributed by atoms with van der Waals surface area (Å²) in [7, 11) is 0. The summed E-state index contributed by atoms with van der Waals surface area (Å²) >= 11 is 0. The molecule has 1 aromatic rings. The third-order valence-electron chi connectivity index (χ3n) is 3.71. The van der Waals surface area contributed by atoms with E-state index in [2.05, 4.69) is 25.1 Å². The van der Waals surface area contributed by atoms with E-state index in [0.717, 1.165) is 36.1 Å². The molecule has 0 amide bonds. The lowest BCUT2D eigenvalue weighted by atomic mass is 9.97. The van der Waals surface area contributed by atoms with Crippen LogP contribution in [0.1, 0.15) is 49.5 Å². The van der Waals surface area contributed by atoms with Crippen molar-refractivity contribution in [2.24, 2.45) is 0 Å². The first-order chi connectivity index (χ1) is 11.1. The van der Waals surface area contributed by atoms with Crippen LogP contribution in [0.5, 0.6) is 0 Å². The zero-order chi connectivity index (χ0) is 16.7. The molecule has 0 aliphatic carbocycles. The summed E-state index contributed by atoms with van der Waals surface area (Å²) in [4.78, 5) is 11.6. The first-order valence-corrected chi connectivity index (χ1v) is 8.32. The van der Waals surface area contributed by atoms with Gasteiger partial charge in [0.15, 0.2) is 0 Å². The fraction of sp³-hybridized carbons (Fsp3) is 0.526. The van der Waals surface area contributed by atoms with Crippen molar-refractivity contribution in [1.29, 1.82) is 0 Å². The third-order valence-corrected chi connectivity index (χ3v) is 3.71. The summed E-state index contributed by atoms with van der Waals surface area (Å²) in [5.41, 5.74) is 3.27. The highest BCUT2D eigenvalue weighted by Crippen LogP contribution is 2.29. The van der Waals surface area contributed by atoms with Gasteiger partial charge < -0.3 is 14.2 Å². The maximum Gasteiger partial charge on any atom is 0.330 e.